The second-order valence-electron chi connectivity index (χ2n) is 5.92. The van der Waals surface area contributed by atoms with Gasteiger partial charge >= 0.3 is 0 Å². The molecule has 0 bridgehead atoms. The third kappa shape index (κ3) is 4.19. The summed E-state index contributed by atoms with van der Waals surface area (Å²) >= 11 is 8.68. The maximum atomic E-state index is 12.3. The van der Waals surface area contributed by atoms with Gasteiger partial charge in [0.05, 0.1) is 12.9 Å². The van der Waals surface area contributed by atoms with Gasteiger partial charge in [-0.2, -0.15) is 4.52 Å². The van der Waals surface area contributed by atoms with Gasteiger partial charge in [-0.3, -0.25) is 4.79 Å². The number of halogens is 1. The molecule has 4 rings (SSSR count). The van der Waals surface area contributed by atoms with Crippen molar-refractivity contribution in [3.63, 3.8) is 0 Å². The van der Waals surface area contributed by atoms with Crippen molar-refractivity contribution >= 4 is 45.4 Å². The number of Topliss-reactive ketones (excluding diaryl/α,β-unsaturated/α-hetero) is 1. The monoisotopic (exact) mass is 430 g/mol. The topological polar surface area (TPSA) is 69.4 Å². The molecule has 0 amide bonds. The molecule has 142 valence electrons. The second-order valence-corrected chi connectivity index (χ2v) is 8.54. The van der Waals surface area contributed by atoms with E-state index in [1.54, 1.807) is 35.9 Å². The molecule has 0 spiro atoms. The maximum Gasteiger partial charge on any atom is 0.235 e. The first-order chi connectivity index (χ1) is 13.6. The van der Waals surface area contributed by atoms with Gasteiger partial charge in [0.15, 0.2) is 15.9 Å². The summed E-state index contributed by atoms with van der Waals surface area (Å²) in [6, 6.07) is 14.7. The summed E-state index contributed by atoms with van der Waals surface area (Å²) in [4.78, 5) is 13.0. The maximum absolute atomic E-state index is 12.3. The van der Waals surface area contributed by atoms with E-state index in [2.05, 4.69) is 15.3 Å². The van der Waals surface area contributed by atoms with Crippen LogP contribution in [0.3, 0.4) is 0 Å². The molecule has 2 heterocycles. The number of ether oxygens (including phenoxy) is 1. The second kappa shape index (κ2) is 8.30. The minimum atomic E-state index is 0.0334. The Bertz CT molecular complexity index is 1110. The van der Waals surface area contributed by atoms with E-state index in [4.69, 9.17) is 16.3 Å². The fraction of sp³-hybridized carbons (Fsp3) is 0.158. The number of methoxy groups -OCH3 is 1. The molecule has 9 heteroatoms. The van der Waals surface area contributed by atoms with Crippen LogP contribution in [0.1, 0.15) is 21.7 Å². The van der Waals surface area contributed by atoms with Crippen LogP contribution in [0.15, 0.2) is 52.9 Å². The Morgan fingerprint density at radius 3 is 2.61 bits per heavy atom. The Balaban J connectivity index is 1.44. The number of aromatic nitrogens is 4. The molecule has 0 aliphatic heterocycles. The van der Waals surface area contributed by atoms with E-state index in [1.165, 1.54) is 23.1 Å². The summed E-state index contributed by atoms with van der Waals surface area (Å²) in [6.07, 6.45) is 0.614. The number of benzene rings is 2. The van der Waals surface area contributed by atoms with Crippen LogP contribution in [-0.2, 0) is 6.42 Å². The highest BCUT2D eigenvalue weighted by Gasteiger charge is 2.14. The third-order valence-electron chi connectivity index (χ3n) is 4.05. The molecule has 0 radical (unpaired) electrons. The number of carbonyl (C=O) groups excluding carboxylic acids is 1. The highest BCUT2D eigenvalue weighted by molar-refractivity contribution is 8.01. The van der Waals surface area contributed by atoms with Crippen molar-refractivity contribution in [3.8, 4) is 5.75 Å². The number of thioether (sulfide) groups is 1. The summed E-state index contributed by atoms with van der Waals surface area (Å²) in [5.41, 5.74) is 1.73. The SMILES string of the molecule is COc1ccc(Cc2nnc3sc(SCC(=O)c4ccc(Cl)cc4)nn23)cc1. The van der Waals surface area contributed by atoms with Gasteiger partial charge in [0, 0.05) is 17.0 Å². The van der Waals surface area contributed by atoms with E-state index < -0.39 is 0 Å². The lowest BCUT2D eigenvalue weighted by Gasteiger charge is -2.01. The van der Waals surface area contributed by atoms with Gasteiger partial charge in [0.1, 0.15) is 5.75 Å². The van der Waals surface area contributed by atoms with Gasteiger partial charge in [0.25, 0.3) is 0 Å². The molecule has 0 saturated carbocycles. The molecule has 28 heavy (non-hydrogen) atoms. The number of rotatable bonds is 7. The van der Waals surface area contributed by atoms with Gasteiger partial charge < -0.3 is 4.74 Å². The van der Waals surface area contributed by atoms with E-state index >= 15 is 0 Å². The average molecular weight is 431 g/mol. The molecule has 0 atom stereocenters. The molecule has 4 aromatic rings. The fourth-order valence-electron chi connectivity index (χ4n) is 2.58. The number of fused-ring (bicyclic) bond motifs is 1. The van der Waals surface area contributed by atoms with Crippen LogP contribution in [0.5, 0.6) is 5.75 Å². The highest BCUT2D eigenvalue weighted by Crippen LogP contribution is 2.26. The summed E-state index contributed by atoms with van der Waals surface area (Å²) in [6.45, 7) is 0. The Morgan fingerprint density at radius 1 is 1.14 bits per heavy atom. The van der Waals surface area contributed by atoms with Gasteiger partial charge in [0.2, 0.25) is 4.96 Å². The van der Waals surface area contributed by atoms with Crippen LogP contribution >= 0.6 is 34.7 Å². The van der Waals surface area contributed by atoms with Crippen LogP contribution in [0, 0.1) is 0 Å². The standard InChI is InChI=1S/C19H15ClN4O2S2/c1-26-15-8-2-12(3-9-15)10-17-21-22-18-24(17)23-19(28-18)27-11-16(25)13-4-6-14(20)7-5-13/h2-9H,10-11H2,1H3. The number of ketones is 1. The fourth-order valence-corrected chi connectivity index (χ4v) is 4.50. The molecule has 2 aromatic carbocycles. The molecule has 0 N–H and O–H groups in total. The zero-order chi connectivity index (χ0) is 19.5. The van der Waals surface area contributed by atoms with Crippen LogP contribution in [-0.4, -0.2) is 38.5 Å². The van der Waals surface area contributed by atoms with Crippen molar-refractivity contribution in [1.29, 1.82) is 0 Å². The van der Waals surface area contributed by atoms with E-state index in [1.807, 2.05) is 24.3 Å². The van der Waals surface area contributed by atoms with Gasteiger partial charge in [-0.25, -0.2) is 0 Å². The van der Waals surface area contributed by atoms with Crippen molar-refractivity contribution in [2.24, 2.45) is 0 Å². The normalized spacial score (nSPS) is 11.1. The summed E-state index contributed by atoms with van der Waals surface area (Å²) in [7, 11) is 1.64. The Labute approximate surface area is 174 Å². The number of hydrogen-bond donors (Lipinski definition) is 0. The van der Waals surface area contributed by atoms with Crippen LogP contribution in [0.2, 0.25) is 5.02 Å². The first kappa shape index (κ1) is 18.9. The zero-order valence-electron chi connectivity index (χ0n) is 14.8. The predicted octanol–water partition coefficient (Wildman–Crippen LogP) is 4.41. The van der Waals surface area contributed by atoms with Gasteiger partial charge in [-0.1, -0.05) is 46.8 Å². The van der Waals surface area contributed by atoms with Crippen molar-refractivity contribution < 1.29 is 9.53 Å². The zero-order valence-corrected chi connectivity index (χ0v) is 17.2. The Hall–Kier alpha value is -2.42. The van der Waals surface area contributed by atoms with E-state index in [0.29, 0.717) is 27.7 Å². The molecule has 0 aliphatic rings. The van der Waals surface area contributed by atoms with Crippen molar-refractivity contribution in [1.82, 2.24) is 19.8 Å². The molecule has 0 aliphatic carbocycles. The highest BCUT2D eigenvalue weighted by atomic mass is 35.5. The largest absolute Gasteiger partial charge is 0.497 e. The van der Waals surface area contributed by atoms with Gasteiger partial charge in [-0.05, 0) is 42.0 Å². The first-order valence-corrected chi connectivity index (χ1v) is 10.6. The average Bonchev–Trinajstić information content (AvgIpc) is 3.29. The van der Waals surface area contributed by atoms with Crippen molar-refractivity contribution in [3.05, 3.63) is 70.5 Å². The first-order valence-electron chi connectivity index (χ1n) is 8.38. The van der Waals surface area contributed by atoms with Crippen LogP contribution in [0.4, 0.5) is 0 Å². The Kier molecular flexibility index (Phi) is 5.61. The predicted molar refractivity (Wildman–Crippen MR) is 111 cm³/mol. The molecule has 0 unspecified atom stereocenters. The Morgan fingerprint density at radius 2 is 1.89 bits per heavy atom. The lowest BCUT2D eigenvalue weighted by atomic mass is 10.1. The third-order valence-corrected chi connectivity index (χ3v) is 6.34. The number of nitrogens with zero attached hydrogens (tertiary/aromatic N) is 4. The van der Waals surface area contributed by atoms with Crippen LogP contribution < -0.4 is 4.74 Å². The lowest BCUT2D eigenvalue weighted by molar-refractivity contribution is 0.102. The minimum absolute atomic E-state index is 0.0334. The number of carbonyl (C=O) groups is 1. The summed E-state index contributed by atoms with van der Waals surface area (Å²) in [5, 5.41) is 13.6. The van der Waals surface area contributed by atoms with E-state index in [9.17, 15) is 4.79 Å². The molecule has 2 aromatic heterocycles. The lowest BCUT2D eigenvalue weighted by Crippen LogP contribution is -2.02. The van der Waals surface area contributed by atoms with E-state index in [-0.39, 0.29) is 5.78 Å². The molecule has 0 fully saturated rings. The van der Waals surface area contributed by atoms with Gasteiger partial charge in [-0.15, -0.1) is 15.3 Å². The molecule has 6 nitrogen and oxygen atoms in total. The van der Waals surface area contributed by atoms with E-state index in [0.717, 1.165) is 21.5 Å². The quantitative estimate of drug-likeness (QED) is 0.319. The minimum Gasteiger partial charge on any atom is -0.497 e. The summed E-state index contributed by atoms with van der Waals surface area (Å²) < 4.78 is 7.70. The number of hydrogen-bond acceptors (Lipinski definition) is 7. The van der Waals surface area contributed by atoms with Crippen molar-refractivity contribution in [2.75, 3.05) is 12.9 Å². The van der Waals surface area contributed by atoms with Crippen molar-refractivity contribution in [2.45, 2.75) is 10.8 Å². The smallest absolute Gasteiger partial charge is 0.235 e. The summed E-state index contributed by atoms with van der Waals surface area (Å²) in [5.74, 6) is 1.91. The van der Waals surface area contributed by atoms with Crippen LogP contribution in [0.25, 0.3) is 4.96 Å². The molecule has 0 saturated heterocycles. The molecular weight excluding hydrogens is 416 g/mol. The molecular formula is C19H15ClN4O2S2.